The lowest BCUT2D eigenvalue weighted by atomic mass is 10.00. The fraction of sp³-hybridized carbons (Fsp3) is 0.222. The van der Waals surface area contributed by atoms with Crippen molar-refractivity contribution in [2.45, 2.75) is 37.5 Å². The number of nitrogens with one attached hydrogen (secondary N) is 1. The van der Waals surface area contributed by atoms with Gasteiger partial charge in [-0.2, -0.15) is 0 Å². The average Bonchev–Trinajstić information content (AvgIpc) is 3.34. The summed E-state index contributed by atoms with van der Waals surface area (Å²) < 4.78 is 11.7. The van der Waals surface area contributed by atoms with Crippen LogP contribution >= 0.6 is 11.8 Å². The summed E-state index contributed by atoms with van der Waals surface area (Å²) in [5.74, 6) is 1.12. The average molecular weight is 490 g/mol. The summed E-state index contributed by atoms with van der Waals surface area (Å²) in [6, 6.07) is 24.4. The highest BCUT2D eigenvalue weighted by Crippen LogP contribution is 2.30. The number of aromatic nitrogens is 2. The summed E-state index contributed by atoms with van der Waals surface area (Å²) in [6.07, 6.45) is 0.117. The van der Waals surface area contributed by atoms with E-state index < -0.39 is 5.97 Å². The summed E-state index contributed by atoms with van der Waals surface area (Å²) >= 11 is 1.47. The minimum atomic E-state index is -0.798. The van der Waals surface area contributed by atoms with Crippen LogP contribution in [0.15, 0.2) is 82.4 Å². The molecule has 8 heteroatoms. The van der Waals surface area contributed by atoms with Crippen LogP contribution in [0.3, 0.4) is 0 Å². The van der Waals surface area contributed by atoms with Crippen LogP contribution in [-0.4, -0.2) is 27.8 Å². The lowest BCUT2D eigenvalue weighted by Gasteiger charge is -2.11. The van der Waals surface area contributed by atoms with E-state index in [9.17, 15) is 4.79 Å². The highest BCUT2D eigenvalue weighted by atomic mass is 32.2. The molecule has 3 aromatic carbocycles. The Balaban J connectivity index is 1.26. The quantitative estimate of drug-likeness (QED) is 0.199. The van der Waals surface area contributed by atoms with Crippen molar-refractivity contribution >= 4 is 17.7 Å². The summed E-state index contributed by atoms with van der Waals surface area (Å²) in [4.78, 5) is 10.6. The fourth-order valence-electron chi connectivity index (χ4n) is 3.52. The molecule has 1 aromatic heterocycles. The van der Waals surface area contributed by atoms with Crippen molar-refractivity contribution in [3.8, 4) is 16.9 Å². The highest BCUT2D eigenvalue weighted by molar-refractivity contribution is 7.98. The van der Waals surface area contributed by atoms with Crippen molar-refractivity contribution in [3.63, 3.8) is 0 Å². The van der Waals surface area contributed by atoms with Gasteiger partial charge in [-0.05, 0) is 40.8 Å². The zero-order chi connectivity index (χ0) is 24.5. The van der Waals surface area contributed by atoms with Crippen LogP contribution in [0.25, 0.3) is 11.1 Å². The van der Waals surface area contributed by atoms with E-state index in [2.05, 4.69) is 33.7 Å². The van der Waals surface area contributed by atoms with Gasteiger partial charge >= 0.3 is 5.97 Å². The Kier molecular flexibility index (Phi) is 8.53. The topological polar surface area (TPSA) is 97.5 Å². The molecule has 0 saturated heterocycles. The zero-order valence-corrected chi connectivity index (χ0v) is 20.3. The summed E-state index contributed by atoms with van der Waals surface area (Å²) in [5.41, 5.74) is 5.58. The lowest BCUT2D eigenvalue weighted by Crippen LogP contribution is -2.17. The Morgan fingerprint density at radius 2 is 1.77 bits per heavy atom. The molecule has 0 atom stereocenters. The summed E-state index contributed by atoms with van der Waals surface area (Å²) in [5, 5.41) is 20.5. The fourth-order valence-corrected chi connectivity index (χ4v) is 4.26. The second kappa shape index (κ2) is 12.2. The van der Waals surface area contributed by atoms with Gasteiger partial charge in [-0.15, -0.1) is 10.2 Å². The maximum Gasteiger partial charge on any atom is 0.304 e. The molecule has 4 rings (SSSR count). The number of hydrogen-bond acceptors (Lipinski definition) is 7. The first-order chi connectivity index (χ1) is 17.1. The Hall–Kier alpha value is -3.62. The van der Waals surface area contributed by atoms with Crippen LogP contribution in [0.1, 0.15) is 29.0 Å². The third kappa shape index (κ3) is 7.18. The van der Waals surface area contributed by atoms with E-state index in [1.807, 2.05) is 61.5 Å². The van der Waals surface area contributed by atoms with Crippen molar-refractivity contribution in [3.05, 3.63) is 95.4 Å². The van der Waals surface area contributed by atoms with Crippen molar-refractivity contribution in [2.24, 2.45) is 0 Å². The molecule has 180 valence electrons. The van der Waals surface area contributed by atoms with Gasteiger partial charge in [0.1, 0.15) is 5.75 Å². The van der Waals surface area contributed by atoms with Gasteiger partial charge in [0, 0.05) is 18.8 Å². The van der Waals surface area contributed by atoms with Gasteiger partial charge in [0.2, 0.25) is 0 Å². The number of rotatable bonds is 12. The van der Waals surface area contributed by atoms with Gasteiger partial charge < -0.3 is 19.6 Å². The monoisotopic (exact) mass is 489 g/mol. The molecule has 2 N–H and O–H groups in total. The normalized spacial score (nSPS) is 10.9. The number of carbonyl (C=O) groups is 1. The van der Waals surface area contributed by atoms with Crippen molar-refractivity contribution in [2.75, 3.05) is 6.54 Å². The van der Waals surface area contributed by atoms with Crippen molar-refractivity contribution < 1.29 is 19.1 Å². The number of carboxylic acid groups (broad SMARTS) is 1. The maximum absolute atomic E-state index is 10.6. The van der Waals surface area contributed by atoms with Gasteiger partial charge in [0.15, 0.2) is 6.61 Å². The summed E-state index contributed by atoms with van der Waals surface area (Å²) in [6.45, 7) is 3.34. The molecule has 0 spiro atoms. The minimum absolute atomic E-state index is 0.117. The van der Waals surface area contributed by atoms with Crippen LogP contribution in [0.5, 0.6) is 5.75 Å². The van der Waals surface area contributed by atoms with E-state index in [0.29, 0.717) is 30.0 Å². The van der Waals surface area contributed by atoms with E-state index in [4.69, 9.17) is 14.3 Å². The first-order valence-corrected chi connectivity index (χ1v) is 12.3. The van der Waals surface area contributed by atoms with Gasteiger partial charge in [0.05, 0.1) is 6.42 Å². The van der Waals surface area contributed by atoms with Crippen molar-refractivity contribution in [1.29, 1.82) is 0 Å². The van der Waals surface area contributed by atoms with Crippen LogP contribution in [0.2, 0.25) is 0 Å². The standard InChI is InChI=1S/C27H27N3O4S/c1-19-23(22-6-3-2-4-7-22)8-5-9-24(19)33-17-25-29-30-27(34-25)35-18-21-12-10-20(11-13-21)16-28-15-14-26(31)32/h2-13,28H,14-18H2,1H3,(H,31,32). The third-order valence-corrected chi connectivity index (χ3v) is 6.29. The van der Waals surface area contributed by atoms with E-state index in [1.165, 1.54) is 11.8 Å². The van der Waals surface area contributed by atoms with Crippen LogP contribution in [-0.2, 0) is 23.7 Å². The SMILES string of the molecule is Cc1c(OCc2nnc(SCc3ccc(CNCCC(=O)O)cc3)o2)cccc1-c1ccccc1. The second-order valence-electron chi connectivity index (χ2n) is 7.97. The number of aliphatic carboxylic acids is 1. The van der Waals surface area contributed by atoms with Gasteiger partial charge in [-0.25, -0.2) is 0 Å². The van der Waals surface area contributed by atoms with E-state index in [-0.39, 0.29) is 13.0 Å². The zero-order valence-electron chi connectivity index (χ0n) is 19.4. The predicted octanol–water partition coefficient (Wildman–Crippen LogP) is 5.48. The number of benzene rings is 3. The minimum Gasteiger partial charge on any atom is -0.484 e. The van der Waals surface area contributed by atoms with Gasteiger partial charge in [0.25, 0.3) is 11.1 Å². The highest BCUT2D eigenvalue weighted by Gasteiger charge is 2.11. The summed E-state index contributed by atoms with van der Waals surface area (Å²) in [7, 11) is 0. The molecule has 0 unspecified atom stereocenters. The molecule has 35 heavy (non-hydrogen) atoms. The molecule has 0 aliphatic heterocycles. The van der Waals surface area contributed by atoms with Crippen molar-refractivity contribution in [1.82, 2.24) is 15.5 Å². The predicted molar refractivity (Wildman–Crippen MR) is 135 cm³/mol. The largest absolute Gasteiger partial charge is 0.484 e. The Bertz CT molecular complexity index is 1240. The second-order valence-corrected chi connectivity index (χ2v) is 8.90. The van der Waals surface area contributed by atoms with E-state index >= 15 is 0 Å². The molecule has 0 aliphatic rings. The Morgan fingerprint density at radius 1 is 1.00 bits per heavy atom. The third-order valence-electron chi connectivity index (χ3n) is 5.40. The molecular weight excluding hydrogens is 462 g/mol. The van der Waals surface area contributed by atoms with Crippen LogP contribution < -0.4 is 10.1 Å². The number of hydrogen-bond donors (Lipinski definition) is 2. The van der Waals surface area contributed by atoms with Crippen LogP contribution in [0.4, 0.5) is 0 Å². The van der Waals surface area contributed by atoms with Gasteiger partial charge in [-0.1, -0.05) is 78.5 Å². The molecule has 0 radical (unpaired) electrons. The molecule has 4 aromatic rings. The maximum atomic E-state index is 10.6. The number of nitrogens with zero attached hydrogens (tertiary/aromatic N) is 2. The van der Waals surface area contributed by atoms with Gasteiger partial charge in [-0.3, -0.25) is 4.79 Å². The number of carboxylic acids is 1. The first kappa shape index (κ1) is 24.5. The molecule has 1 heterocycles. The molecule has 0 aliphatic carbocycles. The van der Waals surface area contributed by atoms with Crippen LogP contribution in [0, 0.1) is 6.92 Å². The Morgan fingerprint density at radius 3 is 2.54 bits per heavy atom. The smallest absolute Gasteiger partial charge is 0.304 e. The molecule has 0 saturated carbocycles. The molecule has 0 fully saturated rings. The number of ether oxygens (including phenoxy) is 1. The first-order valence-electron chi connectivity index (χ1n) is 11.3. The lowest BCUT2D eigenvalue weighted by molar-refractivity contribution is -0.136. The molecule has 0 bridgehead atoms. The van der Waals surface area contributed by atoms with E-state index in [0.717, 1.165) is 33.6 Å². The Labute approximate surface area is 208 Å². The van der Waals surface area contributed by atoms with E-state index in [1.54, 1.807) is 0 Å². The molecule has 7 nitrogen and oxygen atoms in total. The number of thioether (sulfide) groups is 1. The molecular formula is C27H27N3O4S. The molecule has 0 amide bonds.